The molecule has 0 fully saturated rings. The zero-order valence-electron chi connectivity index (χ0n) is 17.6. The predicted octanol–water partition coefficient (Wildman–Crippen LogP) is 3.46. The first kappa shape index (κ1) is 21.9. The van der Waals surface area contributed by atoms with E-state index in [2.05, 4.69) is 47.0 Å². The van der Waals surface area contributed by atoms with Crippen LogP contribution in [0, 0.1) is 0 Å². The molecule has 0 bridgehead atoms. The molecule has 0 saturated heterocycles. The van der Waals surface area contributed by atoms with Gasteiger partial charge in [0.25, 0.3) is 0 Å². The minimum absolute atomic E-state index is 0.0400. The van der Waals surface area contributed by atoms with Crippen LogP contribution in [0.3, 0.4) is 0 Å². The largest absolute Gasteiger partial charge is 0.493 e. The molecule has 0 aliphatic heterocycles. The average molecular weight is 406 g/mol. The van der Waals surface area contributed by atoms with Crippen molar-refractivity contribution in [3.8, 4) is 17.2 Å². The molecule has 0 aliphatic rings. The summed E-state index contributed by atoms with van der Waals surface area (Å²) < 4.78 is 16.3. The molecule has 1 aromatic heterocycles. The van der Waals surface area contributed by atoms with Gasteiger partial charge in [-0.2, -0.15) is 0 Å². The van der Waals surface area contributed by atoms with Crippen molar-refractivity contribution in [2.45, 2.75) is 25.7 Å². The molecule has 0 aliphatic carbocycles. The van der Waals surface area contributed by atoms with Crippen molar-refractivity contribution in [1.29, 1.82) is 0 Å². The van der Waals surface area contributed by atoms with Crippen molar-refractivity contribution in [2.75, 3.05) is 41.5 Å². The van der Waals surface area contributed by atoms with Gasteiger partial charge in [0.15, 0.2) is 17.5 Å². The molecule has 1 heterocycles. The smallest absolute Gasteiger partial charge is 0.203 e. The Hall–Kier alpha value is -2.41. The van der Waals surface area contributed by atoms with E-state index < -0.39 is 0 Å². The first-order valence-corrected chi connectivity index (χ1v) is 10.1. The monoisotopic (exact) mass is 405 g/mol. The van der Waals surface area contributed by atoms with Gasteiger partial charge in [0.05, 0.1) is 21.3 Å². The molecule has 2 aromatic rings. The fourth-order valence-electron chi connectivity index (χ4n) is 2.95. The van der Waals surface area contributed by atoms with E-state index in [1.54, 1.807) is 39.7 Å². The summed E-state index contributed by atoms with van der Waals surface area (Å²) >= 11 is 1.78. The predicted molar refractivity (Wildman–Crippen MR) is 117 cm³/mol. The summed E-state index contributed by atoms with van der Waals surface area (Å²) in [6.45, 7) is 5.97. The number of benzene rings is 1. The molecule has 28 heavy (non-hydrogen) atoms. The highest BCUT2D eigenvalue weighted by Gasteiger charge is 2.22. The highest BCUT2D eigenvalue weighted by atomic mass is 32.1. The van der Waals surface area contributed by atoms with E-state index >= 15 is 0 Å². The van der Waals surface area contributed by atoms with Gasteiger partial charge in [-0.05, 0) is 23.9 Å². The molecule has 6 nitrogen and oxygen atoms in total. The van der Waals surface area contributed by atoms with Crippen LogP contribution in [0.2, 0.25) is 0 Å². The number of nitrogens with zero attached hydrogens (tertiary/aromatic N) is 1. The third-order valence-corrected chi connectivity index (χ3v) is 5.82. The van der Waals surface area contributed by atoms with E-state index in [9.17, 15) is 0 Å². The maximum Gasteiger partial charge on any atom is 0.203 e. The van der Waals surface area contributed by atoms with Crippen LogP contribution in [0.5, 0.6) is 17.2 Å². The summed E-state index contributed by atoms with van der Waals surface area (Å²) in [6, 6.07) is 8.16. The van der Waals surface area contributed by atoms with Gasteiger partial charge in [-0.15, -0.1) is 11.3 Å². The average Bonchev–Trinajstić information content (AvgIpc) is 3.25. The SMILES string of the molecule is CN=C(NCCc1ccc(OC)c(OC)c1OC)NCC(C)(C)c1cccs1. The molecule has 154 valence electrons. The maximum absolute atomic E-state index is 5.55. The first-order chi connectivity index (χ1) is 13.5. The van der Waals surface area contributed by atoms with Crippen molar-refractivity contribution in [3.05, 3.63) is 40.1 Å². The van der Waals surface area contributed by atoms with Gasteiger partial charge in [-0.1, -0.05) is 26.0 Å². The molecule has 2 N–H and O–H groups in total. The maximum atomic E-state index is 5.55. The van der Waals surface area contributed by atoms with Crippen LogP contribution in [-0.2, 0) is 11.8 Å². The van der Waals surface area contributed by atoms with Crippen LogP contribution in [0.15, 0.2) is 34.6 Å². The van der Waals surface area contributed by atoms with Crippen molar-refractivity contribution < 1.29 is 14.2 Å². The molecule has 0 saturated carbocycles. The summed E-state index contributed by atoms with van der Waals surface area (Å²) in [4.78, 5) is 5.68. The van der Waals surface area contributed by atoms with Crippen molar-refractivity contribution in [2.24, 2.45) is 4.99 Å². The van der Waals surface area contributed by atoms with Crippen LogP contribution in [0.25, 0.3) is 0 Å². The Morgan fingerprint density at radius 2 is 1.79 bits per heavy atom. The minimum atomic E-state index is 0.0400. The lowest BCUT2D eigenvalue weighted by molar-refractivity contribution is 0.322. The Morgan fingerprint density at radius 1 is 1.04 bits per heavy atom. The number of aliphatic imine (C=N–C) groups is 1. The normalized spacial score (nSPS) is 11.9. The fourth-order valence-corrected chi connectivity index (χ4v) is 3.80. The Morgan fingerprint density at radius 3 is 2.36 bits per heavy atom. The molecule has 0 amide bonds. The summed E-state index contributed by atoms with van der Waals surface area (Å²) in [5.41, 5.74) is 1.08. The molecule has 0 spiro atoms. The van der Waals surface area contributed by atoms with Crippen molar-refractivity contribution >= 4 is 17.3 Å². The van der Waals surface area contributed by atoms with Crippen LogP contribution < -0.4 is 24.8 Å². The molecule has 1 aromatic carbocycles. The third-order valence-electron chi connectivity index (χ3n) is 4.58. The van der Waals surface area contributed by atoms with Crippen molar-refractivity contribution in [1.82, 2.24) is 10.6 Å². The topological polar surface area (TPSA) is 64.1 Å². The standard InChI is InChI=1S/C21H31N3O3S/c1-21(2,17-8-7-13-28-17)14-24-20(22-3)23-12-11-15-9-10-16(25-4)19(27-6)18(15)26-5/h7-10,13H,11-12,14H2,1-6H3,(H2,22,23,24). The van der Waals surface area contributed by atoms with Gasteiger partial charge in [-0.3, -0.25) is 4.99 Å². The number of ether oxygens (including phenoxy) is 3. The second kappa shape index (κ2) is 10.2. The Bertz CT molecular complexity index is 773. The molecule has 2 rings (SSSR count). The number of methoxy groups -OCH3 is 3. The summed E-state index contributed by atoms with van der Waals surface area (Å²) in [6.07, 6.45) is 0.762. The lowest BCUT2D eigenvalue weighted by atomic mass is 9.91. The van der Waals surface area contributed by atoms with E-state index in [0.29, 0.717) is 23.8 Å². The fraction of sp³-hybridized carbons (Fsp3) is 0.476. The molecule has 0 atom stereocenters. The van der Waals surface area contributed by atoms with Gasteiger partial charge in [0.1, 0.15) is 0 Å². The van der Waals surface area contributed by atoms with Crippen LogP contribution in [0.4, 0.5) is 0 Å². The summed E-state index contributed by atoms with van der Waals surface area (Å²) in [7, 11) is 6.65. The van der Waals surface area contributed by atoms with E-state index in [0.717, 1.165) is 24.5 Å². The highest BCUT2D eigenvalue weighted by Crippen LogP contribution is 2.39. The Kier molecular flexibility index (Phi) is 7.99. The lowest BCUT2D eigenvalue weighted by Gasteiger charge is -2.25. The van der Waals surface area contributed by atoms with Crippen LogP contribution >= 0.6 is 11.3 Å². The lowest BCUT2D eigenvalue weighted by Crippen LogP contribution is -2.43. The number of thiophene rings is 1. The van der Waals surface area contributed by atoms with Gasteiger partial charge in [-0.25, -0.2) is 0 Å². The van der Waals surface area contributed by atoms with E-state index in [1.807, 2.05) is 12.1 Å². The zero-order chi connectivity index (χ0) is 20.6. The molecular formula is C21H31N3O3S. The number of guanidine groups is 1. The zero-order valence-corrected chi connectivity index (χ0v) is 18.4. The van der Waals surface area contributed by atoms with Crippen LogP contribution in [-0.4, -0.2) is 47.4 Å². The second-order valence-electron chi connectivity index (χ2n) is 6.96. The second-order valence-corrected chi connectivity index (χ2v) is 7.90. The molecular weight excluding hydrogens is 374 g/mol. The Labute approximate surface area is 171 Å². The number of hydrogen-bond acceptors (Lipinski definition) is 5. The van der Waals surface area contributed by atoms with Gasteiger partial charge in [0.2, 0.25) is 5.75 Å². The summed E-state index contributed by atoms with van der Waals surface area (Å²) in [5.74, 6) is 2.75. The van der Waals surface area contributed by atoms with E-state index in [-0.39, 0.29) is 5.41 Å². The highest BCUT2D eigenvalue weighted by molar-refractivity contribution is 7.10. The number of nitrogens with one attached hydrogen (secondary N) is 2. The quantitative estimate of drug-likeness (QED) is 0.494. The van der Waals surface area contributed by atoms with E-state index in [4.69, 9.17) is 14.2 Å². The Balaban J connectivity index is 1.94. The molecule has 7 heteroatoms. The van der Waals surface area contributed by atoms with Crippen LogP contribution in [0.1, 0.15) is 24.3 Å². The van der Waals surface area contributed by atoms with Gasteiger partial charge >= 0.3 is 0 Å². The number of rotatable bonds is 9. The summed E-state index contributed by atoms with van der Waals surface area (Å²) in [5, 5.41) is 8.90. The minimum Gasteiger partial charge on any atom is -0.493 e. The first-order valence-electron chi connectivity index (χ1n) is 9.23. The van der Waals surface area contributed by atoms with Gasteiger partial charge in [0, 0.05) is 36.0 Å². The van der Waals surface area contributed by atoms with E-state index in [1.165, 1.54) is 4.88 Å². The van der Waals surface area contributed by atoms with Gasteiger partial charge < -0.3 is 24.8 Å². The molecule has 0 radical (unpaired) electrons. The number of hydrogen-bond donors (Lipinski definition) is 2. The third kappa shape index (κ3) is 5.32. The molecule has 0 unspecified atom stereocenters. The van der Waals surface area contributed by atoms with Crippen molar-refractivity contribution in [3.63, 3.8) is 0 Å².